The second-order valence-corrected chi connectivity index (χ2v) is 5.47. The third-order valence-electron chi connectivity index (χ3n) is 3.14. The topological polar surface area (TPSA) is 77.2 Å². The van der Waals surface area contributed by atoms with Gasteiger partial charge < -0.3 is 14.4 Å². The molecular weight excluding hydrogens is 278 g/mol. The van der Waals surface area contributed by atoms with Gasteiger partial charge in [-0.15, -0.1) is 10.2 Å². The molecule has 2 aromatic rings. The number of benzene rings is 1. The van der Waals surface area contributed by atoms with Gasteiger partial charge in [-0.05, 0) is 17.2 Å². The number of hydrogen-bond acceptors (Lipinski definition) is 5. The molecule has 0 amide bonds. The first-order chi connectivity index (χ1) is 9.65. The van der Waals surface area contributed by atoms with Crippen LogP contribution in [0.5, 0.6) is 0 Å². The number of aliphatic carboxylic acids is 1. The lowest BCUT2D eigenvalue weighted by molar-refractivity contribution is -0.133. The van der Waals surface area contributed by atoms with Gasteiger partial charge in [-0.1, -0.05) is 23.9 Å². The Balaban J connectivity index is 1.89. The van der Waals surface area contributed by atoms with E-state index in [1.807, 2.05) is 23.7 Å². The van der Waals surface area contributed by atoms with Crippen LogP contribution in [0.1, 0.15) is 11.1 Å². The van der Waals surface area contributed by atoms with E-state index in [4.69, 9.17) is 9.84 Å². The number of aromatic nitrogens is 3. The second kappa shape index (κ2) is 5.26. The minimum atomic E-state index is -0.866. The van der Waals surface area contributed by atoms with Gasteiger partial charge in [0.25, 0.3) is 0 Å². The van der Waals surface area contributed by atoms with Gasteiger partial charge in [-0.3, -0.25) is 4.79 Å². The van der Waals surface area contributed by atoms with Crippen molar-refractivity contribution in [2.24, 2.45) is 7.05 Å². The third-order valence-corrected chi connectivity index (χ3v) is 4.14. The normalized spacial score (nSPS) is 13.4. The molecule has 1 aliphatic rings. The van der Waals surface area contributed by atoms with Gasteiger partial charge in [0.1, 0.15) is 0 Å². The van der Waals surface area contributed by atoms with Crippen LogP contribution in [0.4, 0.5) is 0 Å². The van der Waals surface area contributed by atoms with Crippen LogP contribution in [-0.4, -0.2) is 31.6 Å². The predicted molar refractivity (Wildman–Crippen MR) is 73.3 cm³/mol. The predicted octanol–water partition coefficient (Wildman–Crippen LogP) is 1.69. The minimum absolute atomic E-state index is 0.0238. The molecule has 0 saturated carbocycles. The number of carbonyl (C=O) groups is 1. The van der Waals surface area contributed by atoms with Gasteiger partial charge in [-0.2, -0.15) is 0 Å². The zero-order chi connectivity index (χ0) is 14.1. The minimum Gasteiger partial charge on any atom is -0.481 e. The van der Waals surface area contributed by atoms with Gasteiger partial charge in [0, 0.05) is 12.6 Å². The van der Waals surface area contributed by atoms with Crippen LogP contribution in [0, 0.1) is 0 Å². The van der Waals surface area contributed by atoms with Gasteiger partial charge in [0.2, 0.25) is 0 Å². The van der Waals surface area contributed by atoms with E-state index >= 15 is 0 Å². The molecule has 1 aliphatic heterocycles. The number of carboxylic acid groups (broad SMARTS) is 1. The van der Waals surface area contributed by atoms with Gasteiger partial charge in [0.05, 0.1) is 19.0 Å². The highest BCUT2D eigenvalue weighted by Gasteiger charge is 2.16. The molecule has 6 nitrogen and oxygen atoms in total. The summed E-state index contributed by atoms with van der Waals surface area (Å²) in [6.45, 7) is 1.29. The molecule has 0 atom stereocenters. The van der Waals surface area contributed by atoms with E-state index in [0.717, 1.165) is 23.1 Å². The molecule has 20 heavy (non-hydrogen) atoms. The first kappa shape index (κ1) is 13.1. The number of rotatable bonds is 4. The number of nitrogens with zero attached hydrogens (tertiary/aromatic N) is 3. The number of thioether (sulfide) groups is 1. The van der Waals surface area contributed by atoms with E-state index in [0.29, 0.717) is 18.4 Å². The lowest BCUT2D eigenvalue weighted by atomic mass is 10.1. The van der Waals surface area contributed by atoms with Crippen LogP contribution >= 0.6 is 11.8 Å². The molecule has 1 aromatic heterocycles. The zero-order valence-corrected chi connectivity index (χ0v) is 11.7. The van der Waals surface area contributed by atoms with Gasteiger partial charge in [0.15, 0.2) is 11.0 Å². The molecule has 104 valence electrons. The highest BCUT2D eigenvalue weighted by Crippen LogP contribution is 2.27. The molecular formula is C13H13N3O3S. The molecule has 0 spiro atoms. The van der Waals surface area contributed by atoms with E-state index in [-0.39, 0.29) is 5.75 Å². The fraction of sp³-hybridized carbons (Fsp3) is 0.308. The highest BCUT2D eigenvalue weighted by atomic mass is 32.2. The first-order valence-electron chi connectivity index (χ1n) is 6.09. The number of fused-ring (bicyclic) bond motifs is 1. The van der Waals surface area contributed by atoms with Crippen LogP contribution < -0.4 is 0 Å². The molecule has 0 saturated heterocycles. The Morgan fingerprint density at radius 3 is 3.00 bits per heavy atom. The van der Waals surface area contributed by atoms with Crippen LogP contribution in [0.15, 0.2) is 23.4 Å². The molecule has 3 rings (SSSR count). The number of ether oxygens (including phenoxy) is 1. The lowest BCUT2D eigenvalue weighted by Gasteiger charge is -2.04. The SMILES string of the molecule is Cn1c(SCC(=O)O)nnc1-c1ccc2c(c1)COC2. The maximum atomic E-state index is 10.6. The summed E-state index contributed by atoms with van der Waals surface area (Å²) < 4.78 is 7.20. The van der Waals surface area contributed by atoms with E-state index in [9.17, 15) is 4.79 Å². The van der Waals surface area contributed by atoms with E-state index in [1.165, 1.54) is 11.1 Å². The Morgan fingerprint density at radius 1 is 1.40 bits per heavy atom. The quantitative estimate of drug-likeness (QED) is 0.864. The largest absolute Gasteiger partial charge is 0.481 e. The maximum Gasteiger partial charge on any atom is 0.313 e. The average Bonchev–Trinajstić information content (AvgIpc) is 3.02. The molecule has 0 unspecified atom stereocenters. The zero-order valence-electron chi connectivity index (χ0n) is 10.9. The van der Waals surface area contributed by atoms with Crippen LogP contribution in [0.2, 0.25) is 0 Å². The Labute approximate surface area is 119 Å². The smallest absolute Gasteiger partial charge is 0.313 e. The maximum absolute atomic E-state index is 10.6. The highest BCUT2D eigenvalue weighted by molar-refractivity contribution is 7.99. The Kier molecular flexibility index (Phi) is 3.45. The van der Waals surface area contributed by atoms with Gasteiger partial charge in [-0.25, -0.2) is 0 Å². The van der Waals surface area contributed by atoms with E-state index < -0.39 is 5.97 Å². The third kappa shape index (κ3) is 2.41. The Hall–Kier alpha value is -1.86. The molecule has 1 aromatic carbocycles. The fourth-order valence-electron chi connectivity index (χ4n) is 2.13. The first-order valence-corrected chi connectivity index (χ1v) is 7.07. The standard InChI is InChI=1S/C13H13N3O3S/c1-16-12(14-15-13(16)20-7-11(17)18)8-2-3-9-5-19-6-10(9)4-8/h2-4H,5-7H2,1H3,(H,17,18). The van der Waals surface area contributed by atoms with Crippen LogP contribution in [0.25, 0.3) is 11.4 Å². The summed E-state index contributed by atoms with van der Waals surface area (Å²) in [4.78, 5) is 10.6. The summed E-state index contributed by atoms with van der Waals surface area (Å²) in [5.41, 5.74) is 3.34. The van der Waals surface area contributed by atoms with Crippen LogP contribution in [-0.2, 0) is 29.8 Å². The second-order valence-electron chi connectivity index (χ2n) is 4.52. The fourth-order valence-corrected chi connectivity index (χ4v) is 2.76. The van der Waals surface area contributed by atoms with Crippen LogP contribution in [0.3, 0.4) is 0 Å². The van der Waals surface area contributed by atoms with Crippen molar-refractivity contribution >= 4 is 17.7 Å². The van der Waals surface area contributed by atoms with Crippen molar-refractivity contribution in [3.8, 4) is 11.4 Å². The van der Waals surface area contributed by atoms with Crippen molar-refractivity contribution in [3.63, 3.8) is 0 Å². The molecule has 0 bridgehead atoms. The van der Waals surface area contributed by atoms with E-state index in [2.05, 4.69) is 16.3 Å². The monoisotopic (exact) mass is 291 g/mol. The number of hydrogen-bond donors (Lipinski definition) is 1. The molecule has 0 fully saturated rings. The summed E-state index contributed by atoms with van der Waals surface area (Å²) >= 11 is 1.16. The van der Waals surface area contributed by atoms with Crippen molar-refractivity contribution in [1.29, 1.82) is 0 Å². The van der Waals surface area contributed by atoms with Gasteiger partial charge >= 0.3 is 5.97 Å². The van der Waals surface area contributed by atoms with Crippen molar-refractivity contribution in [2.75, 3.05) is 5.75 Å². The summed E-state index contributed by atoms with van der Waals surface area (Å²) in [7, 11) is 1.84. The Morgan fingerprint density at radius 2 is 2.20 bits per heavy atom. The van der Waals surface area contributed by atoms with Crippen molar-refractivity contribution in [2.45, 2.75) is 18.4 Å². The summed E-state index contributed by atoms with van der Waals surface area (Å²) in [5, 5.41) is 17.5. The van der Waals surface area contributed by atoms with Crippen molar-refractivity contribution < 1.29 is 14.6 Å². The summed E-state index contributed by atoms with van der Waals surface area (Å²) in [5.74, 6) is -0.161. The van der Waals surface area contributed by atoms with Crippen molar-refractivity contribution in [3.05, 3.63) is 29.3 Å². The molecule has 0 aliphatic carbocycles. The van der Waals surface area contributed by atoms with Crippen molar-refractivity contribution in [1.82, 2.24) is 14.8 Å². The molecule has 1 N–H and O–H groups in total. The number of carboxylic acids is 1. The lowest BCUT2D eigenvalue weighted by Crippen LogP contribution is -2.01. The van der Waals surface area contributed by atoms with E-state index in [1.54, 1.807) is 0 Å². The molecule has 0 radical (unpaired) electrons. The summed E-state index contributed by atoms with van der Waals surface area (Å²) in [6.07, 6.45) is 0. The molecule has 2 heterocycles. The summed E-state index contributed by atoms with van der Waals surface area (Å²) in [6, 6.07) is 6.08. The Bertz CT molecular complexity index is 669. The average molecular weight is 291 g/mol. The molecule has 7 heteroatoms.